The lowest BCUT2D eigenvalue weighted by Crippen LogP contribution is -2.64. The molecule has 0 aromatic carbocycles. The standard InChI is InChI=1S/C17H28BrO4Si/c1-15(2,3)17-9-8-6-16(17,7-21-23(4)5)13(18)11(8)22-12(9)10(19)14(17)20/h8-14,19-20H,6-7H2,1-5H3. The van der Waals surface area contributed by atoms with E-state index < -0.39 is 21.2 Å². The molecular formula is C17H28BrO4Si. The van der Waals surface area contributed by atoms with Gasteiger partial charge in [-0.2, -0.15) is 0 Å². The fraction of sp³-hybridized carbons (Fsp3) is 1.00. The lowest BCUT2D eigenvalue weighted by molar-refractivity contribution is -0.177. The summed E-state index contributed by atoms with van der Waals surface area (Å²) < 4.78 is 12.5. The van der Waals surface area contributed by atoms with Gasteiger partial charge in [-0.05, 0) is 30.8 Å². The van der Waals surface area contributed by atoms with Gasteiger partial charge in [-0.3, -0.25) is 0 Å². The van der Waals surface area contributed by atoms with Crippen LogP contribution in [0.1, 0.15) is 27.2 Å². The van der Waals surface area contributed by atoms with Crippen LogP contribution in [-0.2, 0) is 9.16 Å². The molecule has 4 aliphatic rings. The molecule has 2 bridgehead atoms. The molecular weight excluding hydrogens is 376 g/mol. The summed E-state index contributed by atoms with van der Waals surface area (Å²) in [6.07, 6.45) is -0.575. The zero-order valence-electron chi connectivity index (χ0n) is 14.5. The highest BCUT2D eigenvalue weighted by Crippen LogP contribution is 2.81. The maximum absolute atomic E-state index is 11.2. The Labute approximate surface area is 148 Å². The second-order valence-corrected chi connectivity index (χ2v) is 12.4. The first-order valence-electron chi connectivity index (χ1n) is 8.68. The van der Waals surface area contributed by atoms with Crippen molar-refractivity contribution in [3.8, 4) is 0 Å². The fourth-order valence-corrected chi connectivity index (χ4v) is 8.73. The van der Waals surface area contributed by atoms with Crippen molar-refractivity contribution in [2.24, 2.45) is 28.1 Å². The van der Waals surface area contributed by atoms with Gasteiger partial charge in [0.1, 0.15) is 6.10 Å². The van der Waals surface area contributed by atoms with E-state index in [1.807, 2.05) is 0 Å². The first-order valence-corrected chi connectivity index (χ1v) is 12.0. The van der Waals surface area contributed by atoms with Crippen LogP contribution in [0.5, 0.6) is 0 Å². The number of aliphatic hydroxyl groups is 2. The van der Waals surface area contributed by atoms with E-state index >= 15 is 0 Å². The Morgan fingerprint density at radius 1 is 1.26 bits per heavy atom. The summed E-state index contributed by atoms with van der Waals surface area (Å²) in [5, 5.41) is 21.9. The second-order valence-electron chi connectivity index (χ2n) is 9.27. The highest BCUT2D eigenvalue weighted by atomic mass is 79.9. The molecule has 6 heteroatoms. The molecule has 0 spiro atoms. The van der Waals surface area contributed by atoms with Gasteiger partial charge in [0.25, 0.3) is 0 Å². The van der Waals surface area contributed by atoms with Gasteiger partial charge in [-0.25, -0.2) is 0 Å². The van der Waals surface area contributed by atoms with E-state index in [9.17, 15) is 10.2 Å². The van der Waals surface area contributed by atoms with Gasteiger partial charge in [0.2, 0.25) is 9.04 Å². The highest BCUT2D eigenvalue weighted by Gasteiger charge is 2.86. The third kappa shape index (κ3) is 1.67. The lowest BCUT2D eigenvalue weighted by atomic mass is 9.48. The summed E-state index contributed by atoms with van der Waals surface area (Å²) in [6.45, 7) is 11.6. The van der Waals surface area contributed by atoms with Crippen molar-refractivity contribution in [2.45, 2.75) is 69.5 Å². The van der Waals surface area contributed by atoms with Crippen LogP contribution in [-0.4, -0.2) is 55.1 Å². The zero-order valence-corrected chi connectivity index (χ0v) is 17.1. The topological polar surface area (TPSA) is 58.9 Å². The number of hydrogen-bond donors (Lipinski definition) is 2. The number of fused-ring (bicyclic) bond motifs is 2. The van der Waals surface area contributed by atoms with Crippen molar-refractivity contribution in [1.29, 1.82) is 0 Å². The first kappa shape index (κ1) is 17.0. The van der Waals surface area contributed by atoms with Gasteiger partial charge in [0, 0.05) is 28.2 Å². The summed E-state index contributed by atoms with van der Waals surface area (Å²) in [5.74, 6) is 0.655. The lowest BCUT2D eigenvalue weighted by Gasteiger charge is -2.59. The van der Waals surface area contributed by atoms with Crippen molar-refractivity contribution >= 4 is 25.0 Å². The van der Waals surface area contributed by atoms with Crippen LogP contribution in [0.15, 0.2) is 0 Å². The molecule has 4 rings (SSSR count). The minimum atomic E-state index is -0.814. The number of alkyl halides is 1. The molecule has 1 saturated heterocycles. The monoisotopic (exact) mass is 403 g/mol. The molecule has 1 heterocycles. The summed E-state index contributed by atoms with van der Waals surface area (Å²) >= 11 is 3.95. The third-order valence-electron chi connectivity index (χ3n) is 7.30. The first-order chi connectivity index (χ1) is 10.6. The summed E-state index contributed by atoms with van der Waals surface area (Å²) in [7, 11) is -0.814. The van der Waals surface area contributed by atoms with Gasteiger partial charge in [0.15, 0.2) is 0 Å². The van der Waals surface area contributed by atoms with Crippen molar-refractivity contribution in [3.05, 3.63) is 0 Å². The number of ether oxygens (including phenoxy) is 1. The van der Waals surface area contributed by atoms with Crippen molar-refractivity contribution in [1.82, 2.24) is 0 Å². The van der Waals surface area contributed by atoms with Crippen LogP contribution in [0, 0.1) is 28.1 Å². The van der Waals surface area contributed by atoms with Crippen molar-refractivity contribution in [3.63, 3.8) is 0 Å². The Balaban J connectivity index is 1.89. The predicted octanol–water partition coefficient (Wildman–Crippen LogP) is 2.19. The largest absolute Gasteiger partial charge is 0.417 e. The quantitative estimate of drug-likeness (QED) is 0.559. The third-order valence-corrected chi connectivity index (χ3v) is 9.42. The summed E-state index contributed by atoms with van der Waals surface area (Å²) in [5.41, 5.74) is -0.671. The minimum Gasteiger partial charge on any atom is -0.417 e. The average molecular weight is 404 g/mol. The molecule has 4 fully saturated rings. The smallest absolute Gasteiger partial charge is 0.204 e. The number of halogens is 1. The number of hydrogen-bond acceptors (Lipinski definition) is 4. The van der Waals surface area contributed by atoms with E-state index in [2.05, 4.69) is 49.8 Å². The number of aliphatic hydroxyl groups excluding tert-OH is 2. The predicted molar refractivity (Wildman–Crippen MR) is 92.7 cm³/mol. The Morgan fingerprint density at radius 3 is 2.48 bits per heavy atom. The molecule has 0 aromatic heterocycles. The molecule has 9 unspecified atom stereocenters. The average Bonchev–Trinajstić information content (AvgIpc) is 3.06. The molecule has 3 aliphatic carbocycles. The van der Waals surface area contributed by atoms with Crippen LogP contribution in [0.4, 0.5) is 0 Å². The molecule has 1 radical (unpaired) electrons. The molecule has 3 saturated carbocycles. The van der Waals surface area contributed by atoms with E-state index in [1.165, 1.54) is 0 Å². The Bertz CT molecular complexity index is 523. The van der Waals surface area contributed by atoms with Gasteiger partial charge >= 0.3 is 0 Å². The van der Waals surface area contributed by atoms with E-state index in [0.717, 1.165) is 6.42 Å². The normalized spacial score (nSPS) is 57.0. The second kappa shape index (κ2) is 4.83. The van der Waals surface area contributed by atoms with Crippen molar-refractivity contribution in [2.75, 3.05) is 6.61 Å². The van der Waals surface area contributed by atoms with Gasteiger partial charge < -0.3 is 19.4 Å². The van der Waals surface area contributed by atoms with E-state index in [1.54, 1.807) is 0 Å². The maximum Gasteiger partial charge on any atom is 0.204 e. The van der Waals surface area contributed by atoms with Crippen LogP contribution >= 0.6 is 15.9 Å². The Kier molecular flexibility index (Phi) is 3.56. The van der Waals surface area contributed by atoms with Crippen LogP contribution in [0.2, 0.25) is 13.1 Å². The SMILES string of the molecule is C[Si](C)OCC12CC3C(OC4C(O)C(O)C1(C(C)(C)C)C34)C2Br. The van der Waals surface area contributed by atoms with Crippen LogP contribution in [0.25, 0.3) is 0 Å². The van der Waals surface area contributed by atoms with Crippen LogP contribution in [0.3, 0.4) is 0 Å². The highest BCUT2D eigenvalue weighted by molar-refractivity contribution is 9.09. The Hall–Kier alpha value is 0.537. The van der Waals surface area contributed by atoms with Gasteiger partial charge in [0.05, 0.1) is 18.3 Å². The molecule has 4 nitrogen and oxygen atoms in total. The minimum absolute atomic E-state index is 0.135. The van der Waals surface area contributed by atoms with E-state index in [4.69, 9.17) is 9.16 Å². The fourth-order valence-electron chi connectivity index (χ4n) is 6.97. The van der Waals surface area contributed by atoms with Gasteiger partial charge in [-0.15, -0.1) is 0 Å². The zero-order chi connectivity index (χ0) is 16.9. The summed E-state index contributed by atoms with van der Waals surface area (Å²) in [4.78, 5) is 0.184. The molecule has 23 heavy (non-hydrogen) atoms. The molecule has 9 atom stereocenters. The van der Waals surface area contributed by atoms with Crippen molar-refractivity contribution < 1.29 is 19.4 Å². The van der Waals surface area contributed by atoms with E-state index in [0.29, 0.717) is 12.5 Å². The molecule has 2 N–H and O–H groups in total. The maximum atomic E-state index is 11.2. The Morgan fingerprint density at radius 2 is 1.91 bits per heavy atom. The summed E-state index contributed by atoms with van der Waals surface area (Å²) in [6, 6.07) is 0. The van der Waals surface area contributed by atoms with Gasteiger partial charge in [-0.1, -0.05) is 36.7 Å². The van der Waals surface area contributed by atoms with Crippen LogP contribution < -0.4 is 0 Å². The molecule has 0 aromatic rings. The molecule has 1 aliphatic heterocycles. The van der Waals surface area contributed by atoms with E-state index in [-0.39, 0.29) is 39.2 Å². The molecule has 131 valence electrons. The number of rotatable bonds is 3. The molecule has 0 amide bonds.